The number of nitrogens with two attached hydrogens (primary N) is 1. The number of ketones is 1. The van der Waals surface area contributed by atoms with E-state index in [9.17, 15) is 42.6 Å². The summed E-state index contributed by atoms with van der Waals surface area (Å²) >= 11 is 1.27. The number of likely N-dealkylation sites (tertiary alicyclic amines) is 1. The molecule has 12 nitrogen and oxygen atoms in total. The van der Waals surface area contributed by atoms with E-state index in [0.29, 0.717) is 12.2 Å². The van der Waals surface area contributed by atoms with Crippen molar-refractivity contribution in [3.63, 3.8) is 0 Å². The van der Waals surface area contributed by atoms with E-state index in [0.717, 1.165) is 0 Å². The van der Waals surface area contributed by atoms with Crippen molar-refractivity contribution in [2.24, 2.45) is 5.73 Å². The number of carbonyl (C=O) groups is 4. The van der Waals surface area contributed by atoms with E-state index in [4.69, 9.17) is 19.9 Å². The van der Waals surface area contributed by atoms with Crippen LogP contribution in [0, 0.1) is 0 Å². The quantitative estimate of drug-likeness (QED) is 0.175. The summed E-state index contributed by atoms with van der Waals surface area (Å²) in [7, 11) is 0. The van der Waals surface area contributed by atoms with Crippen molar-refractivity contribution in [3.05, 3.63) is 0 Å². The van der Waals surface area contributed by atoms with Crippen LogP contribution in [0.25, 0.3) is 0 Å². The highest BCUT2D eigenvalue weighted by atomic mass is 32.2. The van der Waals surface area contributed by atoms with Gasteiger partial charge >= 0.3 is 12.1 Å². The van der Waals surface area contributed by atoms with Crippen LogP contribution in [0.1, 0.15) is 53.4 Å². The molecule has 0 radical (unpaired) electrons. The number of amides is 3. The number of fused-ring (bicyclic) bond motifs is 2. The predicted octanol–water partition coefficient (Wildman–Crippen LogP) is -0.0293. The minimum absolute atomic E-state index is 0.00337. The number of halogens is 3. The molecule has 16 heteroatoms. The maximum absolute atomic E-state index is 12.9. The highest BCUT2D eigenvalue weighted by Gasteiger charge is 2.61. The second kappa shape index (κ2) is 11.8. The number of Topliss-reactive ketones (excluding diaryl/α,β-unsaturated/α-hetero) is 1. The molecule has 3 rings (SSSR count). The first-order valence-electron chi connectivity index (χ1n) is 12.7. The van der Waals surface area contributed by atoms with Crippen molar-refractivity contribution < 1.29 is 56.8 Å². The summed E-state index contributed by atoms with van der Waals surface area (Å²) in [6.07, 6.45) is -10.0. The summed E-state index contributed by atoms with van der Waals surface area (Å²) in [6.45, 7) is 5.97. The number of imide groups is 1. The van der Waals surface area contributed by atoms with Gasteiger partial charge in [-0.25, -0.2) is 0 Å². The summed E-state index contributed by atoms with van der Waals surface area (Å²) in [6, 6.07) is -1.68. The number of aliphatic hydroxyl groups is 2. The SMILES string of the molecule is CC(=O)CCSC1CC(=O)N(C(C)(C)CCOC(C)(N)C[C@@]23CO[C@@H](O2)[C@@H](NC(=O)C(F)(F)F)[C@@H](O)[C@H]3O)C1=O. The smallest absolute Gasteiger partial charge is 0.388 e. The Kier molecular flexibility index (Phi) is 9.66. The summed E-state index contributed by atoms with van der Waals surface area (Å²) in [5.41, 5.74) is 2.24. The number of nitrogens with zero attached hydrogens (tertiary/aromatic N) is 1. The lowest BCUT2D eigenvalue weighted by Crippen LogP contribution is -2.68. The number of rotatable bonds is 12. The Morgan fingerprint density at radius 1 is 1.25 bits per heavy atom. The molecule has 0 aliphatic carbocycles. The summed E-state index contributed by atoms with van der Waals surface area (Å²) < 4.78 is 54.9. The molecule has 5 N–H and O–H groups in total. The van der Waals surface area contributed by atoms with Gasteiger partial charge in [-0.2, -0.15) is 13.2 Å². The molecule has 3 heterocycles. The number of nitrogens with one attached hydrogen (secondary N) is 1. The Hall–Kier alpha value is -1.82. The van der Waals surface area contributed by atoms with Gasteiger partial charge in [-0.15, -0.1) is 11.8 Å². The topological polar surface area (TPSA) is 178 Å². The Morgan fingerprint density at radius 3 is 2.50 bits per heavy atom. The van der Waals surface area contributed by atoms with Gasteiger partial charge in [0.05, 0.1) is 18.5 Å². The van der Waals surface area contributed by atoms with Gasteiger partial charge < -0.3 is 35.5 Å². The molecule has 3 amide bonds. The van der Waals surface area contributed by atoms with Gasteiger partial charge in [-0.3, -0.25) is 24.1 Å². The van der Waals surface area contributed by atoms with E-state index < -0.39 is 58.7 Å². The fourth-order valence-corrected chi connectivity index (χ4v) is 6.31. The lowest BCUT2D eigenvalue weighted by Gasteiger charge is -2.45. The molecule has 0 spiro atoms. The van der Waals surface area contributed by atoms with Crippen LogP contribution < -0.4 is 11.1 Å². The lowest BCUT2D eigenvalue weighted by atomic mass is 9.82. The lowest BCUT2D eigenvalue weighted by molar-refractivity contribution is -0.242. The maximum atomic E-state index is 12.9. The van der Waals surface area contributed by atoms with Gasteiger partial charge in [0.1, 0.15) is 35.4 Å². The molecule has 3 aliphatic rings. The molecule has 40 heavy (non-hydrogen) atoms. The van der Waals surface area contributed by atoms with Crippen molar-refractivity contribution in [1.82, 2.24) is 10.2 Å². The predicted molar refractivity (Wildman–Crippen MR) is 133 cm³/mol. The first-order chi connectivity index (χ1) is 18.3. The molecule has 2 bridgehead atoms. The van der Waals surface area contributed by atoms with Gasteiger partial charge in [0.2, 0.25) is 11.8 Å². The number of hydrogen-bond acceptors (Lipinski definition) is 11. The largest absolute Gasteiger partial charge is 0.471 e. The van der Waals surface area contributed by atoms with Crippen LogP contribution in [-0.4, -0.2) is 110 Å². The number of thioether (sulfide) groups is 1. The summed E-state index contributed by atoms with van der Waals surface area (Å²) in [4.78, 5) is 49.3. The molecule has 2 unspecified atom stereocenters. The zero-order valence-electron chi connectivity index (χ0n) is 22.7. The highest BCUT2D eigenvalue weighted by Crippen LogP contribution is 2.42. The van der Waals surface area contributed by atoms with Crippen LogP contribution in [0.15, 0.2) is 0 Å². The van der Waals surface area contributed by atoms with Gasteiger partial charge in [0.25, 0.3) is 0 Å². The molecule has 0 aromatic rings. The standard InChI is InChI=1S/C24H36F3N3O9S/c1-12(31)5-8-40-13-9-14(32)30(18(13)35)21(2,3)6-7-38-22(4,28)10-23-11-37-19(39-23)15(16(33)17(23)34)29-20(36)24(25,26)27/h13,15-17,19,33-34H,5-11,28H2,1-4H3,(H,29,36)/t13?,15-,16+,17+,19-,22?,23-/m0/s1. The van der Waals surface area contributed by atoms with Crippen LogP contribution in [0.2, 0.25) is 0 Å². The average molecular weight is 600 g/mol. The third kappa shape index (κ3) is 7.14. The van der Waals surface area contributed by atoms with Crippen LogP contribution in [0.4, 0.5) is 13.2 Å². The third-order valence-electron chi connectivity index (χ3n) is 7.20. The van der Waals surface area contributed by atoms with Crippen molar-refractivity contribution in [2.75, 3.05) is 19.0 Å². The van der Waals surface area contributed by atoms with Crippen LogP contribution in [0.3, 0.4) is 0 Å². The monoisotopic (exact) mass is 599 g/mol. The third-order valence-corrected chi connectivity index (χ3v) is 8.41. The summed E-state index contributed by atoms with van der Waals surface area (Å²) in [5, 5.41) is 22.2. The van der Waals surface area contributed by atoms with Crippen molar-refractivity contribution in [3.8, 4) is 0 Å². The zero-order chi connectivity index (χ0) is 30.3. The van der Waals surface area contributed by atoms with E-state index in [1.54, 1.807) is 19.2 Å². The molecule has 7 atom stereocenters. The fraction of sp³-hybridized carbons (Fsp3) is 0.833. The van der Waals surface area contributed by atoms with Crippen molar-refractivity contribution in [2.45, 2.75) is 106 Å². The second-order valence-corrected chi connectivity index (χ2v) is 12.6. The first-order valence-corrected chi connectivity index (χ1v) is 13.8. The van der Waals surface area contributed by atoms with E-state index in [-0.39, 0.29) is 50.1 Å². The molecule has 3 fully saturated rings. The molecule has 228 valence electrons. The van der Waals surface area contributed by atoms with E-state index in [2.05, 4.69) is 0 Å². The van der Waals surface area contributed by atoms with Gasteiger partial charge in [0, 0.05) is 30.6 Å². The van der Waals surface area contributed by atoms with Gasteiger partial charge in [-0.1, -0.05) is 0 Å². The van der Waals surface area contributed by atoms with Crippen LogP contribution >= 0.6 is 11.8 Å². The van der Waals surface area contributed by atoms with E-state index in [1.807, 2.05) is 0 Å². The first kappa shape index (κ1) is 32.7. The molecule has 0 aromatic carbocycles. The molecular weight excluding hydrogens is 563 g/mol. The number of carbonyl (C=O) groups excluding carboxylic acids is 4. The summed E-state index contributed by atoms with van der Waals surface area (Å²) in [5.74, 6) is -2.56. The van der Waals surface area contributed by atoms with E-state index >= 15 is 0 Å². The Morgan fingerprint density at radius 2 is 1.90 bits per heavy atom. The number of ether oxygens (including phenoxy) is 3. The molecular formula is C24H36F3N3O9S. The normalized spacial score (nSPS) is 32.4. The number of hydrogen-bond donors (Lipinski definition) is 4. The van der Waals surface area contributed by atoms with Crippen molar-refractivity contribution in [1.29, 1.82) is 0 Å². The Bertz CT molecular complexity index is 1010. The van der Waals surface area contributed by atoms with Gasteiger partial charge in [0.15, 0.2) is 6.29 Å². The van der Waals surface area contributed by atoms with E-state index in [1.165, 1.54) is 30.5 Å². The average Bonchev–Trinajstić information content (AvgIpc) is 3.33. The van der Waals surface area contributed by atoms with Crippen molar-refractivity contribution >= 4 is 35.3 Å². The molecule has 3 saturated heterocycles. The Balaban J connectivity index is 1.57. The fourth-order valence-electron chi connectivity index (χ4n) is 5.11. The molecule has 3 aliphatic heterocycles. The number of alkyl halides is 3. The highest BCUT2D eigenvalue weighted by molar-refractivity contribution is 8.00. The number of aliphatic hydroxyl groups excluding tert-OH is 2. The minimum atomic E-state index is -5.21. The van der Waals surface area contributed by atoms with Crippen LogP contribution in [-0.2, 0) is 33.4 Å². The minimum Gasteiger partial charge on any atom is -0.388 e. The second-order valence-electron chi connectivity index (χ2n) is 11.3. The Labute approximate surface area is 233 Å². The molecule has 0 aromatic heterocycles. The van der Waals surface area contributed by atoms with Gasteiger partial charge in [-0.05, 0) is 34.1 Å². The van der Waals surface area contributed by atoms with Crippen LogP contribution in [0.5, 0.6) is 0 Å². The molecule has 0 saturated carbocycles. The maximum Gasteiger partial charge on any atom is 0.471 e. The zero-order valence-corrected chi connectivity index (χ0v) is 23.5.